The molecule has 2 fully saturated rings. The van der Waals surface area contributed by atoms with Crippen LogP contribution in [0.2, 0.25) is 0 Å². The smallest absolute Gasteiger partial charge is 0.402 e. The molecule has 2 saturated heterocycles. The van der Waals surface area contributed by atoms with Gasteiger partial charge in [0.05, 0.1) is 22.4 Å². The minimum atomic E-state index is -0.314. The Labute approximate surface area is 178 Å². The van der Waals surface area contributed by atoms with Crippen LogP contribution in [-0.4, -0.2) is 41.8 Å². The lowest BCUT2D eigenvalue weighted by atomic mass is 9.82. The van der Waals surface area contributed by atoms with E-state index >= 15 is 0 Å². The fourth-order valence-electron chi connectivity index (χ4n) is 3.42. The summed E-state index contributed by atoms with van der Waals surface area (Å²) in [5.74, 6) is 0. The van der Waals surface area contributed by atoms with Crippen molar-refractivity contribution < 1.29 is 18.6 Å². The van der Waals surface area contributed by atoms with E-state index in [-0.39, 0.29) is 36.6 Å². The van der Waals surface area contributed by atoms with Crippen molar-refractivity contribution in [3.63, 3.8) is 0 Å². The van der Waals surface area contributed by atoms with E-state index in [1.54, 1.807) is 11.3 Å². The largest absolute Gasteiger partial charge is 0.505 e. The fraction of sp³-hybridized carbons (Fsp3) is 0.700. The molecule has 1 atom stereocenters. The van der Waals surface area contributed by atoms with Crippen molar-refractivity contribution in [3.05, 3.63) is 23.1 Å². The first-order valence-corrected chi connectivity index (χ1v) is 11.7. The zero-order valence-corrected chi connectivity index (χ0v) is 19.8. The molecule has 3 aliphatic rings. The van der Waals surface area contributed by atoms with Gasteiger partial charge in [0, 0.05) is 19.7 Å². The molecular formula is C20H30B2O4S2. The monoisotopic (exact) mass is 420 g/mol. The Bertz CT molecular complexity index is 768. The van der Waals surface area contributed by atoms with Crippen LogP contribution >= 0.6 is 23.1 Å². The summed E-state index contributed by atoms with van der Waals surface area (Å²) in [6.45, 7) is 16.8. The van der Waals surface area contributed by atoms with Crippen molar-refractivity contribution >= 4 is 47.0 Å². The topological polar surface area (TPSA) is 36.9 Å². The quantitative estimate of drug-likeness (QED) is 0.672. The Morgan fingerprint density at radius 1 is 0.821 bits per heavy atom. The molecule has 8 heteroatoms. The molecule has 0 radical (unpaired) electrons. The predicted molar refractivity (Wildman–Crippen MR) is 120 cm³/mol. The maximum atomic E-state index is 6.25. The van der Waals surface area contributed by atoms with Gasteiger partial charge in [-0.1, -0.05) is 12.1 Å². The Hall–Kier alpha value is -0.240. The minimum Gasteiger partial charge on any atom is -0.402 e. The summed E-state index contributed by atoms with van der Waals surface area (Å²) in [6.07, 6.45) is 3.26. The molecule has 3 aliphatic heterocycles. The summed E-state index contributed by atoms with van der Waals surface area (Å²) in [6, 6.07) is 4.31. The van der Waals surface area contributed by atoms with Gasteiger partial charge in [0.2, 0.25) is 0 Å². The standard InChI is InChI=1S/C20H30B2O4S2/c1-17(2)18(3,4)24-21(23-17)15-11-9-13(27-15)14-10-12-16(28-14)22-25-19(5,6)20(7,8)26-22/h9-11,16H,12H2,1-8H3. The molecule has 0 amide bonds. The second kappa shape index (κ2) is 6.63. The highest BCUT2D eigenvalue weighted by Gasteiger charge is 2.55. The first kappa shape index (κ1) is 21.0. The highest BCUT2D eigenvalue weighted by Crippen LogP contribution is 2.47. The summed E-state index contributed by atoms with van der Waals surface area (Å²) < 4.78 is 26.0. The van der Waals surface area contributed by atoms with Crippen LogP contribution in [0.4, 0.5) is 0 Å². The molecule has 0 aromatic carbocycles. The molecule has 4 rings (SSSR count). The van der Waals surface area contributed by atoms with Crippen molar-refractivity contribution in [3.8, 4) is 0 Å². The third-order valence-electron chi connectivity index (χ3n) is 6.74. The number of allylic oxidation sites excluding steroid dienone is 1. The number of rotatable bonds is 3. The van der Waals surface area contributed by atoms with Gasteiger partial charge in [0.15, 0.2) is 0 Å². The summed E-state index contributed by atoms with van der Waals surface area (Å²) in [5, 5.41) is 0.290. The van der Waals surface area contributed by atoms with Crippen LogP contribution in [0.25, 0.3) is 4.91 Å². The van der Waals surface area contributed by atoms with E-state index in [0.29, 0.717) is 5.15 Å². The van der Waals surface area contributed by atoms with E-state index < -0.39 is 0 Å². The number of hydrogen-bond acceptors (Lipinski definition) is 6. The van der Waals surface area contributed by atoms with Gasteiger partial charge in [0.25, 0.3) is 0 Å². The van der Waals surface area contributed by atoms with Gasteiger partial charge in [0.1, 0.15) is 0 Å². The van der Waals surface area contributed by atoms with Crippen LogP contribution in [0.15, 0.2) is 18.2 Å². The van der Waals surface area contributed by atoms with Crippen LogP contribution in [0.3, 0.4) is 0 Å². The first-order valence-electron chi connectivity index (χ1n) is 10.00. The van der Waals surface area contributed by atoms with Crippen molar-refractivity contribution in [2.75, 3.05) is 0 Å². The number of hydrogen-bond donors (Lipinski definition) is 0. The predicted octanol–water partition coefficient (Wildman–Crippen LogP) is 4.53. The molecule has 1 aromatic rings. The summed E-state index contributed by atoms with van der Waals surface area (Å²) >= 11 is 3.61. The molecule has 0 aliphatic carbocycles. The van der Waals surface area contributed by atoms with E-state index in [9.17, 15) is 0 Å². The van der Waals surface area contributed by atoms with Gasteiger partial charge >= 0.3 is 14.2 Å². The van der Waals surface area contributed by atoms with Crippen molar-refractivity contribution in [1.29, 1.82) is 0 Å². The van der Waals surface area contributed by atoms with Gasteiger partial charge in [-0.2, -0.15) is 0 Å². The van der Waals surface area contributed by atoms with E-state index in [2.05, 4.69) is 73.6 Å². The molecular weight excluding hydrogens is 390 g/mol. The molecule has 152 valence electrons. The highest BCUT2D eigenvalue weighted by molar-refractivity contribution is 8.10. The lowest BCUT2D eigenvalue weighted by Gasteiger charge is -2.32. The average Bonchev–Trinajstić information content (AvgIpc) is 3.27. The Kier molecular flexibility index (Phi) is 4.97. The fourth-order valence-corrected chi connectivity index (χ4v) is 5.71. The van der Waals surface area contributed by atoms with Crippen molar-refractivity contribution in [2.45, 2.75) is 89.4 Å². The van der Waals surface area contributed by atoms with Crippen LogP contribution in [0.1, 0.15) is 66.7 Å². The van der Waals surface area contributed by atoms with Crippen LogP contribution < -0.4 is 4.78 Å². The molecule has 4 nitrogen and oxygen atoms in total. The zero-order valence-electron chi connectivity index (χ0n) is 18.1. The molecule has 1 aromatic heterocycles. The first-order chi connectivity index (χ1) is 12.8. The Balaban J connectivity index is 1.43. The number of thioether (sulfide) groups is 1. The highest BCUT2D eigenvalue weighted by atomic mass is 32.2. The molecule has 0 saturated carbocycles. The maximum Gasteiger partial charge on any atom is 0.505 e. The Morgan fingerprint density at radius 3 is 1.93 bits per heavy atom. The summed E-state index contributed by atoms with van der Waals surface area (Å²) in [7, 11) is -0.471. The van der Waals surface area contributed by atoms with Gasteiger partial charge in [-0.3, -0.25) is 0 Å². The van der Waals surface area contributed by atoms with E-state index in [4.69, 9.17) is 18.6 Å². The van der Waals surface area contributed by atoms with Crippen molar-refractivity contribution in [1.82, 2.24) is 0 Å². The molecule has 0 spiro atoms. The molecule has 0 bridgehead atoms. The zero-order chi connectivity index (χ0) is 20.5. The maximum absolute atomic E-state index is 6.25. The van der Waals surface area contributed by atoms with Gasteiger partial charge in [-0.25, -0.2) is 0 Å². The molecule has 28 heavy (non-hydrogen) atoms. The van der Waals surface area contributed by atoms with Gasteiger partial charge in [-0.05, 0) is 67.9 Å². The molecule has 1 unspecified atom stereocenters. The third-order valence-corrected chi connectivity index (χ3v) is 9.37. The SMILES string of the molecule is CC1(C)OB(c2ccc(C3=CCC(B4OC(C)(C)C(C)(C)O4)S3)s2)OC1(C)C. The summed E-state index contributed by atoms with van der Waals surface area (Å²) in [4.78, 5) is 2.56. The van der Waals surface area contributed by atoms with Crippen molar-refractivity contribution in [2.24, 2.45) is 0 Å². The lowest BCUT2D eigenvalue weighted by molar-refractivity contribution is 0.00578. The third kappa shape index (κ3) is 3.44. The van der Waals surface area contributed by atoms with E-state index in [1.807, 2.05) is 11.8 Å². The van der Waals surface area contributed by atoms with E-state index in [1.165, 1.54) is 9.78 Å². The van der Waals surface area contributed by atoms with Gasteiger partial charge in [-0.15, -0.1) is 23.1 Å². The number of thiophene rings is 1. The second-order valence-electron chi connectivity index (χ2n) is 9.88. The average molecular weight is 420 g/mol. The van der Waals surface area contributed by atoms with Gasteiger partial charge < -0.3 is 18.6 Å². The molecule has 0 N–H and O–H groups in total. The minimum absolute atomic E-state index is 0.175. The second-order valence-corrected chi connectivity index (χ2v) is 12.3. The lowest BCUT2D eigenvalue weighted by Crippen LogP contribution is -2.41. The molecule has 4 heterocycles. The Morgan fingerprint density at radius 2 is 1.36 bits per heavy atom. The normalized spacial score (nSPS) is 30.1. The van der Waals surface area contributed by atoms with Crippen LogP contribution in [-0.2, 0) is 18.6 Å². The van der Waals surface area contributed by atoms with Crippen LogP contribution in [0, 0.1) is 0 Å². The summed E-state index contributed by atoms with van der Waals surface area (Å²) in [5.41, 5.74) is -1.20. The van der Waals surface area contributed by atoms with Crippen LogP contribution in [0.5, 0.6) is 0 Å². The van der Waals surface area contributed by atoms with E-state index in [0.717, 1.165) is 11.2 Å².